The number of aliphatic imine (C=N–C) groups is 1. The van der Waals surface area contributed by atoms with Crippen LogP contribution in [0.1, 0.15) is 32.6 Å². The molecule has 2 fully saturated rings. The molecule has 0 aromatic heterocycles. The normalized spacial score (nSPS) is 22.5. The summed E-state index contributed by atoms with van der Waals surface area (Å²) in [5, 5.41) is 6.98. The number of rotatable bonds is 7. The van der Waals surface area contributed by atoms with Crippen molar-refractivity contribution in [3.63, 3.8) is 0 Å². The van der Waals surface area contributed by atoms with Gasteiger partial charge in [0, 0.05) is 45.8 Å². The number of nitrogens with one attached hydrogen (secondary N) is 2. The minimum Gasteiger partial charge on any atom is -0.367 e. The Morgan fingerprint density at radius 2 is 2.00 bits per heavy atom. The Labute approximate surface area is 185 Å². The van der Waals surface area contributed by atoms with E-state index < -0.39 is 0 Å². The molecule has 8 heteroatoms. The van der Waals surface area contributed by atoms with Crippen LogP contribution in [0.25, 0.3) is 0 Å². The first-order chi connectivity index (χ1) is 15.0. The van der Waals surface area contributed by atoms with Gasteiger partial charge in [-0.25, -0.2) is 9.38 Å². The van der Waals surface area contributed by atoms with E-state index in [2.05, 4.69) is 32.3 Å². The maximum absolute atomic E-state index is 14.3. The average molecular weight is 433 g/mol. The SMILES string of the molecule is CCN1CCCC1CNC(=NCC(=O)N(C)C)NC1CCCN(c2ccccc2F)C1. The van der Waals surface area contributed by atoms with Crippen LogP contribution in [0.15, 0.2) is 29.3 Å². The largest absolute Gasteiger partial charge is 0.367 e. The Kier molecular flexibility index (Phi) is 8.51. The summed E-state index contributed by atoms with van der Waals surface area (Å²) in [5.41, 5.74) is 0.646. The molecular formula is C23H37FN6O. The molecule has 0 bridgehead atoms. The minimum atomic E-state index is -0.187. The summed E-state index contributed by atoms with van der Waals surface area (Å²) in [7, 11) is 3.48. The number of likely N-dealkylation sites (tertiary alicyclic amines) is 1. The van der Waals surface area contributed by atoms with Crippen molar-refractivity contribution in [3.05, 3.63) is 30.1 Å². The van der Waals surface area contributed by atoms with E-state index in [1.165, 1.54) is 18.9 Å². The van der Waals surface area contributed by atoms with Gasteiger partial charge in [0.25, 0.3) is 0 Å². The standard InChI is InChI=1S/C23H37FN6O/c1-4-29-13-8-10-19(29)15-25-23(26-16-22(31)28(2)3)27-18-9-7-14-30(17-18)21-12-6-5-11-20(21)24/h5-6,11-12,18-19H,4,7-10,13-17H2,1-3H3,(H2,25,26,27). The molecule has 172 valence electrons. The lowest BCUT2D eigenvalue weighted by Gasteiger charge is -2.35. The number of nitrogens with zero attached hydrogens (tertiary/aromatic N) is 4. The molecule has 2 N–H and O–H groups in total. The van der Waals surface area contributed by atoms with E-state index in [-0.39, 0.29) is 24.3 Å². The van der Waals surface area contributed by atoms with Crippen LogP contribution in [0.4, 0.5) is 10.1 Å². The number of para-hydroxylation sites is 1. The number of piperidine rings is 1. The number of carbonyl (C=O) groups excluding carboxylic acids is 1. The molecule has 1 amide bonds. The van der Waals surface area contributed by atoms with E-state index in [0.717, 1.165) is 39.0 Å². The molecule has 31 heavy (non-hydrogen) atoms. The van der Waals surface area contributed by atoms with Gasteiger partial charge in [-0.05, 0) is 50.9 Å². The van der Waals surface area contributed by atoms with Gasteiger partial charge in [-0.2, -0.15) is 0 Å². The van der Waals surface area contributed by atoms with Crippen LogP contribution in [0.3, 0.4) is 0 Å². The first kappa shape index (κ1) is 23.3. The van der Waals surface area contributed by atoms with Crippen LogP contribution >= 0.6 is 0 Å². The Balaban J connectivity index is 1.64. The van der Waals surface area contributed by atoms with Gasteiger partial charge in [0.05, 0.1) is 5.69 Å². The Bertz CT molecular complexity index is 755. The van der Waals surface area contributed by atoms with Crippen molar-refractivity contribution in [2.24, 2.45) is 4.99 Å². The zero-order valence-electron chi connectivity index (χ0n) is 19.1. The van der Waals surface area contributed by atoms with Crippen molar-refractivity contribution in [1.29, 1.82) is 0 Å². The quantitative estimate of drug-likeness (QED) is 0.509. The van der Waals surface area contributed by atoms with Crippen molar-refractivity contribution in [2.45, 2.75) is 44.7 Å². The average Bonchev–Trinajstić information content (AvgIpc) is 3.23. The molecule has 0 aliphatic carbocycles. The van der Waals surface area contributed by atoms with Crippen LogP contribution < -0.4 is 15.5 Å². The molecule has 2 saturated heterocycles. The van der Waals surface area contributed by atoms with Gasteiger partial charge in [0.15, 0.2) is 5.96 Å². The Hall–Kier alpha value is -2.35. The summed E-state index contributed by atoms with van der Waals surface area (Å²) >= 11 is 0. The van der Waals surface area contributed by atoms with Gasteiger partial charge >= 0.3 is 0 Å². The Morgan fingerprint density at radius 1 is 1.23 bits per heavy atom. The lowest BCUT2D eigenvalue weighted by Crippen LogP contribution is -2.53. The predicted octanol–water partition coefficient (Wildman–Crippen LogP) is 1.90. The zero-order chi connectivity index (χ0) is 22.2. The smallest absolute Gasteiger partial charge is 0.243 e. The first-order valence-corrected chi connectivity index (χ1v) is 11.5. The number of hydrogen-bond donors (Lipinski definition) is 2. The molecule has 2 aliphatic heterocycles. The van der Waals surface area contributed by atoms with Gasteiger partial charge in [-0.15, -0.1) is 0 Å². The van der Waals surface area contributed by atoms with Crippen LogP contribution in [-0.2, 0) is 4.79 Å². The van der Waals surface area contributed by atoms with E-state index >= 15 is 0 Å². The first-order valence-electron chi connectivity index (χ1n) is 11.5. The summed E-state index contributed by atoms with van der Waals surface area (Å²) in [6.07, 6.45) is 4.36. The Morgan fingerprint density at radius 3 is 2.74 bits per heavy atom. The monoisotopic (exact) mass is 432 g/mol. The molecule has 0 spiro atoms. The van der Waals surface area contributed by atoms with Crippen molar-refractivity contribution in [1.82, 2.24) is 20.4 Å². The lowest BCUT2D eigenvalue weighted by molar-refractivity contribution is -0.127. The lowest BCUT2D eigenvalue weighted by atomic mass is 10.0. The highest BCUT2D eigenvalue weighted by molar-refractivity contribution is 5.85. The summed E-state index contributed by atoms with van der Waals surface area (Å²) < 4.78 is 14.3. The number of hydrogen-bond acceptors (Lipinski definition) is 4. The molecule has 3 rings (SSSR count). The van der Waals surface area contributed by atoms with E-state index in [9.17, 15) is 9.18 Å². The summed E-state index contributed by atoms with van der Waals surface area (Å²) in [4.78, 5) is 22.8. The molecule has 1 aromatic carbocycles. The van der Waals surface area contributed by atoms with Crippen LogP contribution in [-0.4, -0.2) is 87.1 Å². The van der Waals surface area contributed by atoms with E-state index in [0.29, 0.717) is 24.2 Å². The maximum atomic E-state index is 14.3. The zero-order valence-corrected chi connectivity index (χ0v) is 19.1. The number of guanidine groups is 1. The third-order valence-electron chi connectivity index (χ3n) is 6.24. The number of amides is 1. The fourth-order valence-electron chi connectivity index (χ4n) is 4.41. The number of likely N-dealkylation sites (N-methyl/N-ethyl adjacent to an activating group) is 2. The fourth-order valence-corrected chi connectivity index (χ4v) is 4.41. The topological polar surface area (TPSA) is 63.2 Å². The molecule has 2 aliphatic rings. The van der Waals surface area contributed by atoms with E-state index in [1.54, 1.807) is 25.1 Å². The fraction of sp³-hybridized carbons (Fsp3) is 0.652. The van der Waals surface area contributed by atoms with Gasteiger partial charge < -0.3 is 20.4 Å². The van der Waals surface area contributed by atoms with E-state index in [4.69, 9.17) is 0 Å². The second-order valence-electron chi connectivity index (χ2n) is 8.64. The molecule has 0 saturated carbocycles. The summed E-state index contributed by atoms with van der Waals surface area (Å²) in [5.74, 6) is 0.444. The summed E-state index contributed by atoms with van der Waals surface area (Å²) in [6.45, 7) is 6.83. The number of carbonyl (C=O) groups is 1. The third kappa shape index (κ3) is 6.56. The number of benzene rings is 1. The molecule has 1 aromatic rings. The maximum Gasteiger partial charge on any atom is 0.243 e. The van der Waals surface area contributed by atoms with Crippen LogP contribution in [0.2, 0.25) is 0 Å². The van der Waals surface area contributed by atoms with Crippen molar-refractivity contribution < 1.29 is 9.18 Å². The predicted molar refractivity (Wildman–Crippen MR) is 124 cm³/mol. The van der Waals surface area contributed by atoms with Crippen LogP contribution in [0.5, 0.6) is 0 Å². The van der Waals surface area contributed by atoms with Crippen molar-refractivity contribution in [2.75, 3.05) is 58.3 Å². The highest BCUT2D eigenvalue weighted by Crippen LogP contribution is 2.23. The minimum absolute atomic E-state index is 0.0335. The van der Waals surface area contributed by atoms with E-state index in [1.807, 2.05) is 12.1 Å². The van der Waals surface area contributed by atoms with Gasteiger partial charge in [0.2, 0.25) is 5.91 Å². The van der Waals surface area contributed by atoms with Crippen molar-refractivity contribution in [3.8, 4) is 0 Å². The van der Waals surface area contributed by atoms with Gasteiger partial charge in [-0.3, -0.25) is 9.69 Å². The second-order valence-corrected chi connectivity index (χ2v) is 8.64. The molecule has 0 radical (unpaired) electrons. The van der Waals surface area contributed by atoms with Gasteiger partial charge in [0.1, 0.15) is 12.4 Å². The summed E-state index contributed by atoms with van der Waals surface area (Å²) in [6, 6.07) is 7.56. The van der Waals surface area contributed by atoms with Crippen molar-refractivity contribution >= 4 is 17.6 Å². The number of halogens is 1. The highest BCUT2D eigenvalue weighted by atomic mass is 19.1. The molecule has 7 nitrogen and oxygen atoms in total. The third-order valence-corrected chi connectivity index (χ3v) is 6.24. The molecule has 2 atom stereocenters. The van der Waals surface area contributed by atoms with Crippen LogP contribution in [0, 0.1) is 5.82 Å². The molecule has 2 heterocycles. The molecule has 2 unspecified atom stereocenters. The highest BCUT2D eigenvalue weighted by Gasteiger charge is 2.25. The van der Waals surface area contributed by atoms with Gasteiger partial charge in [-0.1, -0.05) is 19.1 Å². The number of anilines is 1. The molecular weight excluding hydrogens is 395 g/mol. The second kappa shape index (κ2) is 11.3.